The Hall–Kier alpha value is -1.45. The molecule has 4 nitrogen and oxygen atoms in total. The van der Waals surface area contributed by atoms with Crippen molar-refractivity contribution in [1.82, 2.24) is 0 Å². The van der Waals surface area contributed by atoms with Gasteiger partial charge in [0.05, 0.1) is 6.61 Å². The van der Waals surface area contributed by atoms with Crippen molar-refractivity contribution in [3.8, 4) is 0 Å². The second-order valence-electron chi connectivity index (χ2n) is 5.73. The van der Waals surface area contributed by atoms with Crippen LogP contribution in [0, 0.1) is 13.8 Å². The van der Waals surface area contributed by atoms with E-state index in [1.54, 1.807) is 0 Å². The van der Waals surface area contributed by atoms with E-state index in [1.807, 2.05) is 24.3 Å². The van der Waals surface area contributed by atoms with Gasteiger partial charge in [0.15, 0.2) is 0 Å². The molecule has 23 heavy (non-hydrogen) atoms. The predicted octanol–water partition coefficient (Wildman–Crippen LogP) is 4.32. The van der Waals surface area contributed by atoms with Crippen LogP contribution in [-0.2, 0) is 9.09 Å². The van der Waals surface area contributed by atoms with Crippen molar-refractivity contribution in [3.05, 3.63) is 70.8 Å². The molecule has 124 valence electrons. The van der Waals surface area contributed by atoms with E-state index >= 15 is 0 Å². The Labute approximate surface area is 137 Å². The second kappa shape index (κ2) is 7.89. The zero-order chi connectivity index (χ0) is 16.9. The fourth-order valence-corrected chi connectivity index (χ4v) is 3.27. The molecule has 0 spiro atoms. The Kier molecular flexibility index (Phi) is 6.14. The van der Waals surface area contributed by atoms with Crippen LogP contribution >= 0.6 is 7.82 Å². The van der Waals surface area contributed by atoms with Crippen LogP contribution in [0.1, 0.15) is 41.0 Å². The first-order valence-electron chi connectivity index (χ1n) is 7.69. The van der Waals surface area contributed by atoms with Gasteiger partial charge in [-0.1, -0.05) is 48.5 Å². The summed E-state index contributed by atoms with van der Waals surface area (Å²) in [7, 11) is -4.39. The van der Waals surface area contributed by atoms with Gasteiger partial charge in [-0.15, -0.1) is 0 Å². The van der Waals surface area contributed by atoms with Crippen molar-refractivity contribution < 1.29 is 18.9 Å². The molecule has 0 heterocycles. The molecule has 5 heteroatoms. The van der Waals surface area contributed by atoms with E-state index in [0.29, 0.717) is 6.42 Å². The maximum Gasteiger partial charge on any atom is 0.469 e. The molecule has 0 unspecified atom stereocenters. The van der Waals surface area contributed by atoms with Gasteiger partial charge in [0.1, 0.15) is 0 Å². The minimum Gasteiger partial charge on any atom is -0.303 e. The third kappa shape index (κ3) is 5.29. The van der Waals surface area contributed by atoms with Crippen LogP contribution in [0.2, 0.25) is 0 Å². The largest absolute Gasteiger partial charge is 0.469 e. The number of benzene rings is 2. The van der Waals surface area contributed by atoms with Crippen molar-refractivity contribution in [1.29, 1.82) is 0 Å². The monoisotopic (exact) mass is 334 g/mol. The summed E-state index contributed by atoms with van der Waals surface area (Å²) in [6, 6.07) is 16.5. The van der Waals surface area contributed by atoms with Gasteiger partial charge < -0.3 is 9.79 Å². The Morgan fingerprint density at radius 2 is 1.43 bits per heavy atom. The van der Waals surface area contributed by atoms with E-state index in [1.165, 1.54) is 22.3 Å². The van der Waals surface area contributed by atoms with Crippen molar-refractivity contribution in [2.75, 3.05) is 6.61 Å². The molecule has 0 aromatic heterocycles. The highest BCUT2D eigenvalue weighted by atomic mass is 31.2. The molecule has 0 fully saturated rings. The Bertz CT molecular complexity index is 647. The molecular formula is C18H23O4P. The summed E-state index contributed by atoms with van der Waals surface area (Å²) in [5.41, 5.74) is 4.93. The first kappa shape index (κ1) is 17.9. The van der Waals surface area contributed by atoms with Gasteiger partial charge in [-0.25, -0.2) is 4.57 Å². The molecule has 2 rings (SSSR count). The molecule has 0 radical (unpaired) electrons. The number of rotatable bonds is 7. The molecule has 0 aliphatic heterocycles. The SMILES string of the molecule is Cc1ccccc1C(CCCOP(=O)(O)O)c1ccccc1C. The molecule has 0 aliphatic rings. The van der Waals surface area contributed by atoms with E-state index in [2.05, 4.69) is 42.6 Å². The highest BCUT2D eigenvalue weighted by Crippen LogP contribution is 2.37. The fraction of sp³-hybridized carbons (Fsp3) is 0.333. The van der Waals surface area contributed by atoms with Crippen LogP contribution in [0.25, 0.3) is 0 Å². The summed E-state index contributed by atoms with van der Waals surface area (Å²) < 4.78 is 15.4. The van der Waals surface area contributed by atoms with Gasteiger partial charge in [0.2, 0.25) is 0 Å². The molecular weight excluding hydrogens is 311 g/mol. The van der Waals surface area contributed by atoms with Crippen molar-refractivity contribution in [2.45, 2.75) is 32.6 Å². The van der Waals surface area contributed by atoms with Gasteiger partial charge in [-0.3, -0.25) is 4.52 Å². The number of phosphoric acid groups is 1. The molecule has 0 saturated carbocycles. The summed E-state index contributed by atoms with van der Waals surface area (Å²) in [5, 5.41) is 0. The Morgan fingerprint density at radius 1 is 0.957 bits per heavy atom. The van der Waals surface area contributed by atoms with Crippen LogP contribution in [0.4, 0.5) is 0 Å². The van der Waals surface area contributed by atoms with E-state index < -0.39 is 7.82 Å². The third-order valence-corrected chi connectivity index (χ3v) is 4.54. The smallest absolute Gasteiger partial charge is 0.303 e. The predicted molar refractivity (Wildman–Crippen MR) is 91.4 cm³/mol. The lowest BCUT2D eigenvalue weighted by Crippen LogP contribution is -2.07. The average Bonchev–Trinajstić information content (AvgIpc) is 2.49. The van der Waals surface area contributed by atoms with Crippen LogP contribution in [-0.4, -0.2) is 16.4 Å². The maximum absolute atomic E-state index is 10.8. The summed E-state index contributed by atoms with van der Waals surface area (Å²) in [4.78, 5) is 17.6. The second-order valence-corrected chi connectivity index (χ2v) is 6.97. The zero-order valence-electron chi connectivity index (χ0n) is 13.5. The lowest BCUT2D eigenvalue weighted by atomic mass is 9.83. The van der Waals surface area contributed by atoms with E-state index in [4.69, 9.17) is 9.79 Å². The minimum atomic E-state index is -4.39. The Balaban J connectivity index is 2.21. The maximum atomic E-state index is 10.8. The molecule has 0 bridgehead atoms. The quantitative estimate of drug-likeness (QED) is 0.584. The minimum absolute atomic E-state index is 0.0541. The first-order valence-corrected chi connectivity index (χ1v) is 9.22. The topological polar surface area (TPSA) is 66.8 Å². The van der Waals surface area contributed by atoms with E-state index in [0.717, 1.165) is 6.42 Å². The van der Waals surface area contributed by atoms with Crippen molar-refractivity contribution >= 4 is 7.82 Å². The summed E-state index contributed by atoms with van der Waals surface area (Å²) >= 11 is 0. The summed E-state index contributed by atoms with van der Waals surface area (Å²) in [6.07, 6.45) is 1.36. The summed E-state index contributed by atoms with van der Waals surface area (Å²) in [5.74, 6) is 0.192. The van der Waals surface area contributed by atoms with Gasteiger partial charge >= 0.3 is 7.82 Å². The lowest BCUT2D eigenvalue weighted by Gasteiger charge is -2.22. The molecule has 0 aliphatic carbocycles. The molecule has 0 amide bonds. The standard InChI is InChI=1S/C18H23O4P/c1-14-8-3-5-10-16(14)18(12-7-13-22-23(19,20)21)17-11-6-4-9-15(17)2/h3-6,8-11,18H,7,12-13H2,1-2H3,(H2,19,20,21). The number of hydrogen-bond acceptors (Lipinski definition) is 2. The van der Waals surface area contributed by atoms with Gasteiger partial charge in [-0.2, -0.15) is 0 Å². The lowest BCUT2D eigenvalue weighted by molar-refractivity contribution is 0.193. The zero-order valence-corrected chi connectivity index (χ0v) is 14.4. The fourth-order valence-electron chi connectivity index (χ4n) is 2.90. The highest BCUT2D eigenvalue weighted by Gasteiger charge is 2.19. The molecule has 2 aromatic rings. The molecule has 2 N–H and O–H groups in total. The molecule has 0 atom stereocenters. The van der Waals surface area contributed by atoms with Crippen LogP contribution in [0.3, 0.4) is 0 Å². The number of aryl methyl sites for hydroxylation is 2. The molecule has 2 aromatic carbocycles. The van der Waals surface area contributed by atoms with Crippen LogP contribution in [0.15, 0.2) is 48.5 Å². The van der Waals surface area contributed by atoms with E-state index in [9.17, 15) is 4.57 Å². The first-order chi connectivity index (χ1) is 10.9. The van der Waals surface area contributed by atoms with Gasteiger partial charge in [0.25, 0.3) is 0 Å². The number of phosphoric ester groups is 1. The van der Waals surface area contributed by atoms with Crippen LogP contribution in [0.5, 0.6) is 0 Å². The van der Waals surface area contributed by atoms with Crippen LogP contribution < -0.4 is 0 Å². The third-order valence-electron chi connectivity index (χ3n) is 4.02. The average molecular weight is 334 g/mol. The molecule has 0 saturated heterocycles. The van der Waals surface area contributed by atoms with Crippen molar-refractivity contribution in [2.24, 2.45) is 0 Å². The Morgan fingerprint density at radius 3 is 1.87 bits per heavy atom. The van der Waals surface area contributed by atoms with Gasteiger partial charge in [-0.05, 0) is 48.9 Å². The summed E-state index contributed by atoms with van der Waals surface area (Å²) in [6.45, 7) is 4.23. The van der Waals surface area contributed by atoms with E-state index in [-0.39, 0.29) is 12.5 Å². The van der Waals surface area contributed by atoms with Crippen molar-refractivity contribution in [3.63, 3.8) is 0 Å². The highest BCUT2D eigenvalue weighted by molar-refractivity contribution is 7.46. The normalized spacial score (nSPS) is 11.9. The number of hydrogen-bond donors (Lipinski definition) is 2. The van der Waals surface area contributed by atoms with Gasteiger partial charge in [0, 0.05) is 5.92 Å².